The maximum Gasteiger partial charge on any atom is 0.253 e. The molecule has 1 aliphatic carbocycles. The molecule has 170 valence electrons. The van der Waals surface area contributed by atoms with Crippen LogP contribution in [-0.4, -0.2) is 73.1 Å². The quantitative estimate of drug-likeness (QED) is 0.779. The molecule has 6 nitrogen and oxygen atoms in total. The van der Waals surface area contributed by atoms with Gasteiger partial charge < -0.3 is 15.0 Å². The summed E-state index contributed by atoms with van der Waals surface area (Å²) in [5, 5.41) is 3.28. The molecular weight excluding hydrogens is 397 g/mol. The Morgan fingerprint density at radius 2 is 1.65 bits per heavy atom. The van der Waals surface area contributed by atoms with Gasteiger partial charge in [0.1, 0.15) is 5.82 Å². The molecule has 2 amide bonds. The fraction of sp³-hybridized carbons (Fsp3) is 0.667. The number of ether oxygens (including phenoxy) is 1. The molecule has 2 aliphatic heterocycles. The second-order valence-corrected chi connectivity index (χ2v) is 9.18. The summed E-state index contributed by atoms with van der Waals surface area (Å²) in [6.07, 6.45) is 7.33. The first-order chi connectivity index (χ1) is 15.1. The highest BCUT2D eigenvalue weighted by Crippen LogP contribution is 2.34. The molecular formula is C24H34FN3O3. The van der Waals surface area contributed by atoms with Gasteiger partial charge in [-0.2, -0.15) is 0 Å². The summed E-state index contributed by atoms with van der Waals surface area (Å²) in [4.78, 5) is 29.9. The largest absolute Gasteiger partial charge is 0.379 e. The highest BCUT2D eigenvalue weighted by Gasteiger charge is 2.39. The van der Waals surface area contributed by atoms with Crippen molar-refractivity contribution in [1.29, 1.82) is 0 Å². The molecule has 2 heterocycles. The molecule has 3 fully saturated rings. The predicted molar refractivity (Wildman–Crippen MR) is 116 cm³/mol. The summed E-state index contributed by atoms with van der Waals surface area (Å²) in [5.74, 6) is -0.373. The number of benzene rings is 1. The van der Waals surface area contributed by atoms with Crippen molar-refractivity contribution in [3.63, 3.8) is 0 Å². The number of halogens is 1. The molecule has 4 rings (SSSR count). The fourth-order valence-electron chi connectivity index (χ4n) is 5.37. The number of carbonyl (C=O) groups excluding carboxylic acids is 2. The molecule has 7 heteroatoms. The number of rotatable bonds is 5. The Hall–Kier alpha value is -1.99. The first-order valence-corrected chi connectivity index (χ1v) is 11.7. The van der Waals surface area contributed by atoms with Crippen LogP contribution in [0.3, 0.4) is 0 Å². The lowest BCUT2D eigenvalue weighted by molar-refractivity contribution is -0.127. The number of amides is 2. The number of hydrogen-bond acceptors (Lipinski definition) is 4. The number of nitrogens with one attached hydrogen (secondary N) is 1. The second-order valence-electron chi connectivity index (χ2n) is 9.18. The van der Waals surface area contributed by atoms with Crippen LogP contribution in [-0.2, 0) is 9.53 Å². The van der Waals surface area contributed by atoms with Crippen molar-refractivity contribution < 1.29 is 18.7 Å². The van der Waals surface area contributed by atoms with E-state index < -0.39 is 0 Å². The molecule has 3 aliphatic rings. The normalized spacial score (nSPS) is 22.8. The Morgan fingerprint density at radius 1 is 1.00 bits per heavy atom. The Morgan fingerprint density at radius 3 is 2.29 bits per heavy atom. The van der Waals surface area contributed by atoms with Crippen LogP contribution in [0.1, 0.15) is 55.3 Å². The van der Waals surface area contributed by atoms with Gasteiger partial charge in [0.15, 0.2) is 0 Å². The second kappa shape index (κ2) is 10.1. The van der Waals surface area contributed by atoms with Crippen LogP contribution in [0.4, 0.5) is 4.39 Å². The Labute approximate surface area is 184 Å². The number of likely N-dealkylation sites (tertiary alicyclic amines) is 1. The molecule has 0 radical (unpaired) electrons. The fourth-order valence-corrected chi connectivity index (χ4v) is 5.37. The minimum Gasteiger partial charge on any atom is -0.379 e. The highest BCUT2D eigenvalue weighted by molar-refractivity contribution is 5.94. The lowest BCUT2D eigenvalue weighted by atomic mass is 9.79. The maximum atomic E-state index is 13.1. The number of morpholine rings is 1. The minimum absolute atomic E-state index is 0.0532. The molecule has 0 atom stereocenters. The number of nitrogens with zero attached hydrogens (tertiary/aromatic N) is 2. The molecule has 1 saturated carbocycles. The minimum atomic E-state index is -0.347. The lowest BCUT2D eigenvalue weighted by Gasteiger charge is -2.48. The van der Waals surface area contributed by atoms with Gasteiger partial charge in [0, 0.05) is 49.7 Å². The van der Waals surface area contributed by atoms with E-state index in [0.717, 1.165) is 39.1 Å². The summed E-state index contributed by atoms with van der Waals surface area (Å²) in [6, 6.07) is 5.66. The van der Waals surface area contributed by atoms with Crippen LogP contribution >= 0.6 is 0 Å². The van der Waals surface area contributed by atoms with Gasteiger partial charge in [0.25, 0.3) is 5.91 Å². The van der Waals surface area contributed by atoms with E-state index in [-0.39, 0.29) is 29.1 Å². The van der Waals surface area contributed by atoms with E-state index in [4.69, 9.17) is 4.74 Å². The van der Waals surface area contributed by atoms with Crippen LogP contribution in [0, 0.1) is 11.7 Å². The molecule has 1 N–H and O–H groups in total. The van der Waals surface area contributed by atoms with Gasteiger partial charge in [-0.25, -0.2) is 4.39 Å². The summed E-state index contributed by atoms with van der Waals surface area (Å²) in [7, 11) is 0. The van der Waals surface area contributed by atoms with Crippen LogP contribution in [0.5, 0.6) is 0 Å². The molecule has 1 aromatic rings. The van der Waals surface area contributed by atoms with E-state index in [2.05, 4.69) is 10.2 Å². The molecule has 31 heavy (non-hydrogen) atoms. The zero-order chi connectivity index (χ0) is 21.7. The first-order valence-electron chi connectivity index (χ1n) is 11.7. The first kappa shape index (κ1) is 22.2. The summed E-state index contributed by atoms with van der Waals surface area (Å²) >= 11 is 0. The third-order valence-corrected chi connectivity index (χ3v) is 7.30. The van der Waals surface area contributed by atoms with Crippen molar-refractivity contribution in [2.45, 2.75) is 50.5 Å². The van der Waals surface area contributed by atoms with Crippen LogP contribution in [0.15, 0.2) is 24.3 Å². The lowest BCUT2D eigenvalue weighted by Crippen LogP contribution is -2.60. The molecule has 0 spiro atoms. The summed E-state index contributed by atoms with van der Waals surface area (Å²) in [6.45, 7) is 5.26. The topological polar surface area (TPSA) is 61.9 Å². The van der Waals surface area contributed by atoms with Crippen molar-refractivity contribution in [2.24, 2.45) is 5.92 Å². The van der Waals surface area contributed by atoms with Crippen molar-refractivity contribution in [3.8, 4) is 0 Å². The van der Waals surface area contributed by atoms with Crippen molar-refractivity contribution >= 4 is 11.8 Å². The van der Waals surface area contributed by atoms with Crippen LogP contribution < -0.4 is 5.32 Å². The molecule has 2 saturated heterocycles. The van der Waals surface area contributed by atoms with Crippen LogP contribution in [0.2, 0.25) is 0 Å². The third kappa shape index (κ3) is 5.26. The third-order valence-electron chi connectivity index (χ3n) is 7.30. The number of hydrogen-bond donors (Lipinski definition) is 1. The van der Waals surface area contributed by atoms with Crippen molar-refractivity contribution in [3.05, 3.63) is 35.6 Å². The number of piperidine rings is 1. The van der Waals surface area contributed by atoms with Crippen molar-refractivity contribution in [1.82, 2.24) is 15.1 Å². The van der Waals surface area contributed by atoms with E-state index in [1.54, 1.807) is 4.90 Å². The van der Waals surface area contributed by atoms with Gasteiger partial charge in [-0.1, -0.05) is 19.3 Å². The van der Waals surface area contributed by atoms with E-state index in [9.17, 15) is 14.0 Å². The zero-order valence-corrected chi connectivity index (χ0v) is 18.3. The Kier molecular flexibility index (Phi) is 7.23. The average Bonchev–Trinajstić information content (AvgIpc) is 2.84. The van der Waals surface area contributed by atoms with Gasteiger partial charge in [-0.15, -0.1) is 0 Å². The SMILES string of the molecule is O=C(NCC1(N2CCOCC2)CCCCC1)C1CCN(C(=O)c2ccc(F)cc2)CC1. The summed E-state index contributed by atoms with van der Waals surface area (Å²) in [5.41, 5.74) is 0.561. The van der Waals surface area contributed by atoms with Gasteiger partial charge in [0.2, 0.25) is 5.91 Å². The number of carbonyl (C=O) groups is 2. The monoisotopic (exact) mass is 431 g/mol. The van der Waals surface area contributed by atoms with E-state index in [0.29, 0.717) is 38.0 Å². The van der Waals surface area contributed by atoms with Gasteiger partial charge in [-0.3, -0.25) is 14.5 Å². The zero-order valence-electron chi connectivity index (χ0n) is 18.3. The van der Waals surface area contributed by atoms with E-state index >= 15 is 0 Å². The van der Waals surface area contributed by atoms with Gasteiger partial charge in [-0.05, 0) is 49.9 Å². The maximum absolute atomic E-state index is 13.1. The van der Waals surface area contributed by atoms with E-state index in [1.165, 1.54) is 43.5 Å². The smallest absolute Gasteiger partial charge is 0.253 e. The molecule has 0 bridgehead atoms. The Bertz CT molecular complexity index is 750. The predicted octanol–water partition coefficient (Wildman–Crippen LogP) is 2.83. The standard InChI is InChI=1S/C24H34FN3O3/c25-21-6-4-20(5-7-21)23(30)27-12-8-19(9-13-27)22(29)26-18-24(10-2-1-3-11-24)28-14-16-31-17-15-28/h4-7,19H,1-3,8-18H2,(H,26,29). The van der Waals surface area contributed by atoms with Gasteiger partial charge in [0.05, 0.1) is 13.2 Å². The average molecular weight is 432 g/mol. The van der Waals surface area contributed by atoms with Gasteiger partial charge >= 0.3 is 0 Å². The molecule has 0 unspecified atom stereocenters. The molecule has 0 aromatic heterocycles. The Balaban J connectivity index is 1.29. The molecule has 1 aromatic carbocycles. The van der Waals surface area contributed by atoms with Crippen molar-refractivity contribution in [2.75, 3.05) is 45.9 Å². The van der Waals surface area contributed by atoms with E-state index in [1.807, 2.05) is 0 Å². The highest BCUT2D eigenvalue weighted by atomic mass is 19.1. The summed E-state index contributed by atoms with van der Waals surface area (Å²) < 4.78 is 18.7. The van der Waals surface area contributed by atoms with Crippen LogP contribution in [0.25, 0.3) is 0 Å².